The Bertz CT molecular complexity index is 321. The quantitative estimate of drug-likeness (QED) is 0.389. The molecule has 0 saturated carbocycles. The molecule has 0 fully saturated rings. The number of amidine groups is 1. The summed E-state index contributed by atoms with van der Waals surface area (Å²) in [6.45, 7) is 6.24. The molecule has 0 aromatic carbocycles. The predicted octanol–water partition coefficient (Wildman–Crippen LogP) is 4.87. The van der Waals surface area contributed by atoms with Gasteiger partial charge in [0.2, 0.25) is 0 Å². The molecule has 0 aliphatic carbocycles. The molecule has 0 spiro atoms. The van der Waals surface area contributed by atoms with E-state index in [9.17, 15) is 0 Å². The summed E-state index contributed by atoms with van der Waals surface area (Å²) in [5.74, 6) is 1.22. The average molecular weight is 308 g/mol. The Morgan fingerprint density at radius 2 is 1.68 bits per heavy atom. The first kappa shape index (κ1) is 19.2. The van der Waals surface area contributed by atoms with E-state index in [2.05, 4.69) is 29.0 Å². The molecule has 128 valence electrons. The highest BCUT2D eigenvalue weighted by Crippen LogP contribution is 2.11. The van der Waals surface area contributed by atoms with Gasteiger partial charge in [-0.25, -0.2) is 0 Å². The molecule has 1 aliphatic heterocycles. The first-order valence-corrected chi connectivity index (χ1v) is 9.46. The van der Waals surface area contributed by atoms with Gasteiger partial charge in [-0.2, -0.15) is 0 Å². The van der Waals surface area contributed by atoms with Crippen LogP contribution in [0.4, 0.5) is 0 Å². The first-order valence-electron chi connectivity index (χ1n) is 9.46. The van der Waals surface area contributed by atoms with Crippen molar-refractivity contribution in [2.24, 2.45) is 10.7 Å². The maximum atomic E-state index is 5.96. The first-order chi connectivity index (χ1) is 10.8. The van der Waals surface area contributed by atoms with Crippen LogP contribution >= 0.6 is 0 Å². The molecule has 1 aliphatic rings. The van der Waals surface area contributed by atoms with Crippen molar-refractivity contribution in [3.63, 3.8) is 0 Å². The summed E-state index contributed by atoms with van der Waals surface area (Å²) in [5, 5.41) is 0. The van der Waals surface area contributed by atoms with Gasteiger partial charge in [-0.05, 0) is 32.6 Å². The van der Waals surface area contributed by atoms with E-state index < -0.39 is 0 Å². The SMILES string of the molecule is CCCCCCCCC/C=C/CCCC1=NCCN1C(C)N. The lowest BCUT2D eigenvalue weighted by atomic mass is 10.1. The van der Waals surface area contributed by atoms with Crippen molar-refractivity contribution in [2.45, 2.75) is 90.6 Å². The molecule has 3 heteroatoms. The molecule has 0 radical (unpaired) electrons. The van der Waals surface area contributed by atoms with Gasteiger partial charge in [0.1, 0.15) is 5.84 Å². The van der Waals surface area contributed by atoms with E-state index >= 15 is 0 Å². The highest BCUT2D eigenvalue weighted by atomic mass is 15.3. The van der Waals surface area contributed by atoms with Crippen LogP contribution in [0.5, 0.6) is 0 Å². The number of hydrogen-bond acceptors (Lipinski definition) is 3. The number of rotatable bonds is 13. The molecule has 1 atom stereocenters. The monoisotopic (exact) mass is 307 g/mol. The van der Waals surface area contributed by atoms with Crippen LogP contribution in [0.1, 0.15) is 84.5 Å². The minimum absolute atomic E-state index is 0.106. The van der Waals surface area contributed by atoms with Crippen LogP contribution in [0.15, 0.2) is 17.1 Å². The van der Waals surface area contributed by atoms with Gasteiger partial charge < -0.3 is 10.6 Å². The van der Waals surface area contributed by atoms with Crippen molar-refractivity contribution < 1.29 is 0 Å². The van der Waals surface area contributed by atoms with Crippen LogP contribution in [-0.2, 0) is 0 Å². The van der Waals surface area contributed by atoms with Crippen molar-refractivity contribution >= 4 is 5.84 Å². The Morgan fingerprint density at radius 3 is 2.36 bits per heavy atom. The molecule has 1 unspecified atom stereocenters. The summed E-state index contributed by atoms with van der Waals surface area (Å²) < 4.78 is 0. The Kier molecular flexibility index (Phi) is 11.1. The normalized spacial score (nSPS) is 16.5. The summed E-state index contributed by atoms with van der Waals surface area (Å²) in [7, 11) is 0. The van der Waals surface area contributed by atoms with Crippen molar-refractivity contribution in [3.8, 4) is 0 Å². The zero-order valence-electron chi connectivity index (χ0n) is 14.9. The van der Waals surface area contributed by atoms with Crippen molar-refractivity contribution in [1.82, 2.24) is 4.90 Å². The lowest BCUT2D eigenvalue weighted by Crippen LogP contribution is -2.41. The Balaban J connectivity index is 1.92. The molecule has 2 N–H and O–H groups in total. The Labute approximate surface area is 138 Å². The highest BCUT2D eigenvalue weighted by molar-refractivity contribution is 5.83. The second kappa shape index (κ2) is 12.7. The lowest BCUT2D eigenvalue weighted by Gasteiger charge is -2.24. The summed E-state index contributed by atoms with van der Waals surface area (Å²) in [5.41, 5.74) is 5.96. The third-order valence-corrected chi connectivity index (χ3v) is 4.37. The number of unbranched alkanes of at least 4 members (excludes halogenated alkanes) is 8. The zero-order valence-corrected chi connectivity index (χ0v) is 14.9. The Hall–Kier alpha value is -0.830. The highest BCUT2D eigenvalue weighted by Gasteiger charge is 2.18. The molecule has 3 nitrogen and oxygen atoms in total. The number of allylic oxidation sites excluding steroid dienone is 2. The van der Waals surface area contributed by atoms with Gasteiger partial charge in [0.05, 0.1) is 12.7 Å². The summed E-state index contributed by atoms with van der Waals surface area (Å²) in [6, 6.07) is 0. The van der Waals surface area contributed by atoms with Crippen LogP contribution < -0.4 is 5.73 Å². The van der Waals surface area contributed by atoms with Crippen molar-refractivity contribution in [3.05, 3.63) is 12.2 Å². The fourth-order valence-corrected chi connectivity index (χ4v) is 3.00. The minimum atomic E-state index is 0.106. The molecular weight excluding hydrogens is 270 g/mol. The van der Waals surface area contributed by atoms with E-state index in [1.54, 1.807) is 0 Å². The molecule has 0 saturated heterocycles. The van der Waals surface area contributed by atoms with E-state index in [4.69, 9.17) is 5.73 Å². The largest absolute Gasteiger partial charge is 0.343 e. The van der Waals surface area contributed by atoms with Crippen LogP contribution in [0.25, 0.3) is 0 Å². The minimum Gasteiger partial charge on any atom is -0.343 e. The topological polar surface area (TPSA) is 41.6 Å². The molecule has 22 heavy (non-hydrogen) atoms. The van der Waals surface area contributed by atoms with Crippen LogP contribution in [0.3, 0.4) is 0 Å². The predicted molar refractivity (Wildman–Crippen MR) is 98.3 cm³/mol. The van der Waals surface area contributed by atoms with Crippen molar-refractivity contribution in [2.75, 3.05) is 13.1 Å². The molecule has 0 aromatic heterocycles. The fraction of sp³-hybridized carbons (Fsp3) is 0.842. The van der Waals surface area contributed by atoms with Crippen LogP contribution in [-0.4, -0.2) is 30.0 Å². The molecule has 0 aromatic rings. The van der Waals surface area contributed by atoms with Gasteiger partial charge in [0.15, 0.2) is 0 Å². The van der Waals surface area contributed by atoms with Gasteiger partial charge in [-0.3, -0.25) is 4.99 Å². The van der Waals surface area contributed by atoms with Gasteiger partial charge in [0, 0.05) is 13.0 Å². The molecule has 1 heterocycles. The molecule has 0 bridgehead atoms. The fourth-order valence-electron chi connectivity index (χ4n) is 3.00. The van der Waals surface area contributed by atoms with Crippen molar-refractivity contribution in [1.29, 1.82) is 0 Å². The standard InChI is InChI=1S/C19H37N3/c1-3-4-5-6-7-8-9-10-11-12-13-14-15-19-21-16-17-22(19)18(2)20/h11-12,18H,3-10,13-17,20H2,1-2H3/b12-11+. The Morgan fingerprint density at radius 1 is 1.05 bits per heavy atom. The molecule has 0 amide bonds. The molecule has 1 rings (SSSR count). The van der Waals surface area contributed by atoms with E-state index in [1.807, 2.05) is 6.92 Å². The second-order valence-electron chi connectivity index (χ2n) is 6.51. The zero-order chi connectivity index (χ0) is 16.0. The summed E-state index contributed by atoms with van der Waals surface area (Å²) in [6.07, 6.45) is 19.3. The van der Waals surface area contributed by atoms with Gasteiger partial charge >= 0.3 is 0 Å². The number of aliphatic imine (C=N–C) groups is 1. The van der Waals surface area contributed by atoms with E-state index in [0.29, 0.717) is 0 Å². The van der Waals surface area contributed by atoms with E-state index in [0.717, 1.165) is 19.5 Å². The lowest BCUT2D eigenvalue weighted by molar-refractivity contribution is 0.359. The maximum Gasteiger partial charge on any atom is 0.100 e. The van der Waals surface area contributed by atoms with E-state index in [-0.39, 0.29) is 6.17 Å². The van der Waals surface area contributed by atoms with Gasteiger partial charge in [-0.1, -0.05) is 57.6 Å². The number of nitrogens with two attached hydrogens (primary N) is 1. The molecular formula is C19H37N3. The number of nitrogens with zero attached hydrogens (tertiary/aromatic N) is 2. The van der Waals surface area contributed by atoms with Gasteiger partial charge in [-0.15, -0.1) is 0 Å². The maximum absolute atomic E-state index is 5.96. The summed E-state index contributed by atoms with van der Waals surface area (Å²) >= 11 is 0. The average Bonchev–Trinajstić information content (AvgIpc) is 2.97. The third-order valence-electron chi connectivity index (χ3n) is 4.37. The van der Waals surface area contributed by atoms with Crippen LogP contribution in [0, 0.1) is 0 Å². The smallest absolute Gasteiger partial charge is 0.100 e. The third kappa shape index (κ3) is 8.57. The summed E-state index contributed by atoms with van der Waals surface area (Å²) in [4.78, 5) is 6.80. The number of hydrogen-bond donors (Lipinski definition) is 1. The van der Waals surface area contributed by atoms with Gasteiger partial charge in [0.25, 0.3) is 0 Å². The van der Waals surface area contributed by atoms with Crippen LogP contribution in [0.2, 0.25) is 0 Å². The second-order valence-corrected chi connectivity index (χ2v) is 6.51. The van der Waals surface area contributed by atoms with E-state index in [1.165, 1.54) is 70.0 Å².